The third kappa shape index (κ3) is 8.89. The molecule has 3 heterocycles. The molecule has 1 fully saturated rings. The van der Waals surface area contributed by atoms with Crippen LogP contribution in [0.3, 0.4) is 0 Å². The Hall–Kier alpha value is -4.99. The molecule has 1 saturated heterocycles. The third-order valence-electron chi connectivity index (χ3n) is 9.55. The Morgan fingerprint density at radius 3 is 2.54 bits per heavy atom. The standard InChI is InChI=1S/C40H43ClN6O5/c1-27-30(8-6-9-32(27)33-10-7-11-37-34(33)23-45-47(37)15-5-4-14-46-12-2-3-13-46)26-52-39-18-38(51-25-29-16-28(19-42)20-43-21-29)31(17-35(39)41)22-44-36(24-48)40(49)50/h6-11,16-18,20-21,23,36,44,48H,2-5,12-15,22,24-26H2,1H3,(H,49,50). The number of ether oxygens (including phenoxy) is 2. The summed E-state index contributed by atoms with van der Waals surface area (Å²) in [7, 11) is 0. The number of carboxylic acids is 1. The molecule has 11 nitrogen and oxygen atoms in total. The number of hydrogen-bond acceptors (Lipinski definition) is 9. The first-order valence-corrected chi connectivity index (χ1v) is 18.0. The molecule has 1 aliphatic heterocycles. The van der Waals surface area contributed by atoms with Crippen molar-refractivity contribution in [3.63, 3.8) is 0 Å². The number of hydrogen-bond donors (Lipinski definition) is 3. The van der Waals surface area contributed by atoms with Gasteiger partial charge in [-0.2, -0.15) is 10.4 Å². The highest BCUT2D eigenvalue weighted by Crippen LogP contribution is 2.36. The van der Waals surface area contributed by atoms with E-state index >= 15 is 0 Å². The van der Waals surface area contributed by atoms with Crippen LogP contribution in [-0.4, -0.2) is 68.1 Å². The number of aryl methyl sites for hydroxylation is 1. The highest BCUT2D eigenvalue weighted by molar-refractivity contribution is 6.32. The molecule has 1 atom stereocenters. The molecule has 0 radical (unpaired) electrons. The normalized spacial score (nSPS) is 13.7. The molecule has 5 aromatic rings. The van der Waals surface area contributed by atoms with Crippen molar-refractivity contribution in [1.29, 1.82) is 5.26 Å². The maximum atomic E-state index is 11.5. The highest BCUT2D eigenvalue weighted by atomic mass is 35.5. The Kier molecular flexibility index (Phi) is 12.4. The number of aliphatic carboxylic acids is 1. The number of rotatable bonds is 17. The number of unbranched alkanes of at least 4 members (excludes halogenated alkanes) is 1. The predicted octanol–water partition coefficient (Wildman–Crippen LogP) is 6.50. The SMILES string of the molecule is Cc1c(COc2cc(OCc3cncc(C#N)c3)c(CNC(CO)C(=O)O)cc2Cl)cccc1-c1cccc2c1cnn2CCCCN1CCCC1. The Morgan fingerprint density at radius 2 is 1.75 bits per heavy atom. The molecule has 0 spiro atoms. The smallest absolute Gasteiger partial charge is 0.323 e. The lowest BCUT2D eigenvalue weighted by Crippen LogP contribution is -2.39. The highest BCUT2D eigenvalue weighted by Gasteiger charge is 2.19. The number of nitriles is 1. The molecule has 1 unspecified atom stereocenters. The van der Waals surface area contributed by atoms with Crippen molar-refractivity contribution in [2.75, 3.05) is 26.2 Å². The lowest BCUT2D eigenvalue weighted by Gasteiger charge is -2.18. The number of fused-ring (bicyclic) bond motifs is 1. The van der Waals surface area contributed by atoms with E-state index in [0.29, 0.717) is 33.2 Å². The van der Waals surface area contributed by atoms with E-state index in [-0.39, 0.29) is 19.8 Å². The molecule has 3 aromatic carbocycles. The maximum Gasteiger partial charge on any atom is 0.323 e. The minimum atomic E-state index is -1.18. The van der Waals surface area contributed by atoms with Gasteiger partial charge in [-0.05, 0) is 92.7 Å². The second-order valence-corrected chi connectivity index (χ2v) is 13.5. The maximum absolute atomic E-state index is 11.5. The number of likely N-dealkylation sites (tertiary alicyclic amines) is 1. The second kappa shape index (κ2) is 17.5. The predicted molar refractivity (Wildman–Crippen MR) is 199 cm³/mol. The van der Waals surface area contributed by atoms with Crippen LogP contribution in [-0.2, 0) is 31.1 Å². The number of carboxylic acid groups (broad SMARTS) is 1. The molecule has 0 bridgehead atoms. The van der Waals surface area contributed by atoms with Crippen molar-refractivity contribution in [3.8, 4) is 28.7 Å². The summed E-state index contributed by atoms with van der Waals surface area (Å²) in [6.07, 6.45) is 9.94. The van der Waals surface area contributed by atoms with Gasteiger partial charge >= 0.3 is 5.97 Å². The first kappa shape index (κ1) is 36.8. The van der Waals surface area contributed by atoms with Gasteiger partial charge in [-0.25, -0.2) is 0 Å². The fourth-order valence-corrected chi connectivity index (χ4v) is 6.86. The van der Waals surface area contributed by atoms with E-state index in [0.717, 1.165) is 52.7 Å². The van der Waals surface area contributed by atoms with Crippen LogP contribution in [0.5, 0.6) is 11.5 Å². The van der Waals surface area contributed by atoms with Gasteiger partial charge < -0.3 is 24.6 Å². The van der Waals surface area contributed by atoms with Gasteiger partial charge in [0.2, 0.25) is 0 Å². The third-order valence-corrected chi connectivity index (χ3v) is 9.85. The molecule has 3 N–H and O–H groups in total. The molecular formula is C40H43ClN6O5. The van der Waals surface area contributed by atoms with Crippen molar-refractivity contribution >= 4 is 28.5 Å². The summed E-state index contributed by atoms with van der Waals surface area (Å²) in [5.74, 6) is -0.387. The number of nitrogens with zero attached hydrogens (tertiary/aromatic N) is 5. The van der Waals surface area contributed by atoms with Crippen LogP contribution in [0.15, 0.2) is 73.2 Å². The van der Waals surface area contributed by atoms with Gasteiger partial charge in [-0.3, -0.25) is 19.8 Å². The fraction of sp³-hybridized carbons (Fsp3) is 0.350. The number of aromatic nitrogens is 3. The van der Waals surface area contributed by atoms with Crippen LogP contribution in [0, 0.1) is 18.3 Å². The number of halogens is 1. The van der Waals surface area contributed by atoms with Gasteiger partial charge in [0, 0.05) is 48.1 Å². The molecule has 52 heavy (non-hydrogen) atoms. The van der Waals surface area contributed by atoms with Crippen LogP contribution in [0.4, 0.5) is 0 Å². The summed E-state index contributed by atoms with van der Waals surface area (Å²) in [6.45, 7) is 6.41. The Morgan fingerprint density at radius 1 is 0.981 bits per heavy atom. The summed E-state index contributed by atoms with van der Waals surface area (Å²) in [5.41, 5.74) is 7.05. The largest absolute Gasteiger partial charge is 0.488 e. The topological polar surface area (TPSA) is 146 Å². The molecule has 0 saturated carbocycles. The van der Waals surface area contributed by atoms with Crippen LogP contribution in [0.25, 0.3) is 22.0 Å². The number of aliphatic hydroxyl groups excluding tert-OH is 1. The van der Waals surface area contributed by atoms with E-state index in [1.807, 2.05) is 18.3 Å². The van der Waals surface area contributed by atoms with E-state index in [1.165, 1.54) is 38.5 Å². The molecule has 6 rings (SSSR count). The van der Waals surface area contributed by atoms with Crippen LogP contribution >= 0.6 is 11.6 Å². The summed E-state index contributed by atoms with van der Waals surface area (Å²) in [5, 5.41) is 37.2. The molecule has 270 valence electrons. The summed E-state index contributed by atoms with van der Waals surface area (Å²) in [4.78, 5) is 18.2. The van der Waals surface area contributed by atoms with Gasteiger partial charge in [-0.1, -0.05) is 41.9 Å². The first-order chi connectivity index (χ1) is 25.3. The van der Waals surface area contributed by atoms with Gasteiger partial charge in [0.05, 0.1) is 28.9 Å². The lowest BCUT2D eigenvalue weighted by atomic mass is 9.94. The van der Waals surface area contributed by atoms with Gasteiger partial charge in [0.1, 0.15) is 36.8 Å². The summed E-state index contributed by atoms with van der Waals surface area (Å²) >= 11 is 6.72. The zero-order valence-electron chi connectivity index (χ0n) is 29.2. The van der Waals surface area contributed by atoms with E-state index in [2.05, 4.69) is 57.1 Å². The minimum Gasteiger partial charge on any atom is -0.488 e. The van der Waals surface area contributed by atoms with Gasteiger partial charge in [0.15, 0.2) is 0 Å². The average Bonchev–Trinajstić information content (AvgIpc) is 3.83. The molecule has 1 aliphatic rings. The lowest BCUT2D eigenvalue weighted by molar-refractivity contribution is -0.140. The van der Waals surface area contributed by atoms with Crippen LogP contribution in [0.2, 0.25) is 5.02 Å². The van der Waals surface area contributed by atoms with E-state index in [4.69, 9.17) is 26.2 Å². The zero-order valence-corrected chi connectivity index (χ0v) is 30.0. The van der Waals surface area contributed by atoms with Crippen molar-refractivity contribution in [2.24, 2.45) is 0 Å². The zero-order chi connectivity index (χ0) is 36.5. The Balaban J connectivity index is 1.19. The number of nitrogens with one attached hydrogen (secondary N) is 1. The average molecular weight is 723 g/mol. The number of benzene rings is 3. The monoisotopic (exact) mass is 722 g/mol. The van der Waals surface area contributed by atoms with Crippen LogP contribution in [0.1, 0.15) is 53.5 Å². The molecular weight excluding hydrogens is 680 g/mol. The Bertz CT molecular complexity index is 2050. The summed E-state index contributed by atoms with van der Waals surface area (Å²) in [6, 6.07) is 18.5. The van der Waals surface area contributed by atoms with Gasteiger partial charge in [-0.15, -0.1) is 0 Å². The quantitative estimate of drug-likeness (QED) is 0.0910. The first-order valence-electron chi connectivity index (χ1n) is 17.6. The minimum absolute atomic E-state index is 0.0607. The Labute approximate surface area is 308 Å². The number of carbonyl (C=O) groups is 1. The van der Waals surface area contributed by atoms with E-state index < -0.39 is 18.6 Å². The molecule has 12 heteroatoms. The molecule has 0 aliphatic carbocycles. The van der Waals surface area contributed by atoms with Crippen molar-refractivity contribution in [2.45, 2.75) is 65.0 Å². The molecule has 0 amide bonds. The fourth-order valence-electron chi connectivity index (χ4n) is 6.62. The second-order valence-electron chi connectivity index (χ2n) is 13.1. The van der Waals surface area contributed by atoms with E-state index in [9.17, 15) is 20.3 Å². The van der Waals surface area contributed by atoms with Crippen molar-refractivity contribution < 1.29 is 24.5 Å². The van der Waals surface area contributed by atoms with Crippen LogP contribution < -0.4 is 14.8 Å². The number of pyridine rings is 1. The summed E-state index contributed by atoms with van der Waals surface area (Å²) < 4.78 is 14.6. The molecule has 2 aromatic heterocycles. The van der Waals surface area contributed by atoms with Crippen molar-refractivity contribution in [1.82, 2.24) is 25.0 Å². The van der Waals surface area contributed by atoms with Gasteiger partial charge in [0.25, 0.3) is 0 Å². The number of aliphatic hydroxyl groups is 1. The van der Waals surface area contributed by atoms with Crippen molar-refractivity contribution in [3.05, 3.63) is 106 Å². The van der Waals surface area contributed by atoms with E-state index in [1.54, 1.807) is 24.4 Å².